The molecule has 0 aliphatic carbocycles. The first kappa shape index (κ1) is 16.5. The van der Waals surface area contributed by atoms with Gasteiger partial charge in [0.25, 0.3) is 5.91 Å². The standard InChI is InChI=1S/C20H18N2O3/c1-25-19-11-3-2-10-18(19)15-7-6-8-16(13-15)20(23)21-14-17-9-4-5-12-22(17)24/h2-13H,14H2,1H3,(H,21,23). The molecule has 3 rings (SSSR count). The van der Waals surface area contributed by atoms with Gasteiger partial charge in [-0.25, -0.2) is 0 Å². The molecule has 2 aromatic carbocycles. The average molecular weight is 334 g/mol. The zero-order valence-electron chi connectivity index (χ0n) is 13.8. The Morgan fingerprint density at radius 3 is 2.68 bits per heavy atom. The molecule has 5 nitrogen and oxygen atoms in total. The number of para-hydroxylation sites is 1. The topological polar surface area (TPSA) is 65.3 Å². The summed E-state index contributed by atoms with van der Waals surface area (Å²) in [5, 5.41) is 14.4. The molecule has 126 valence electrons. The van der Waals surface area contributed by atoms with Crippen LogP contribution in [0.3, 0.4) is 0 Å². The first-order valence-corrected chi connectivity index (χ1v) is 7.88. The summed E-state index contributed by atoms with van der Waals surface area (Å²) >= 11 is 0. The number of amides is 1. The van der Waals surface area contributed by atoms with E-state index in [1.807, 2.05) is 42.5 Å². The van der Waals surface area contributed by atoms with Crippen LogP contribution in [0.25, 0.3) is 11.1 Å². The predicted molar refractivity (Wildman–Crippen MR) is 95.0 cm³/mol. The van der Waals surface area contributed by atoms with E-state index < -0.39 is 0 Å². The summed E-state index contributed by atoms with van der Waals surface area (Å²) in [4.78, 5) is 12.4. The number of carbonyl (C=O) groups excluding carboxylic acids is 1. The number of rotatable bonds is 5. The highest BCUT2D eigenvalue weighted by molar-refractivity contribution is 5.95. The van der Waals surface area contributed by atoms with E-state index in [2.05, 4.69) is 5.32 Å². The van der Waals surface area contributed by atoms with E-state index in [-0.39, 0.29) is 12.5 Å². The SMILES string of the molecule is COc1ccccc1-c1cccc(C(=O)NCc2cccc[n+]2[O-])c1. The van der Waals surface area contributed by atoms with Gasteiger partial charge in [0.15, 0.2) is 6.20 Å². The second kappa shape index (κ2) is 7.49. The molecule has 0 spiro atoms. The number of nitrogens with one attached hydrogen (secondary N) is 1. The fraction of sp³-hybridized carbons (Fsp3) is 0.100. The quantitative estimate of drug-likeness (QED) is 0.576. The van der Waals surface area contributed by atoms with Crippen LogP contribution in [0.5, 0.6) is 5.75 Å². The van der Waals surface area contributed by atoms with Crippen LogP contribution in [-0.2, 0) is 6.54 Å². The van der Waals surface area contributed by atoms with E-state index >= 15 is 0 Å². The normalized spacial score (nSPS) is 10.3. The molecule has 5 heteroatoms. The summed E-state index contributed by atoms with van der Waals surface area (Å²) in [5.41, 5.74) is 2.82. The molecule has 1 N–H and O–H groups in total. The lowest BCUT2D eigenvalue weighted by molar-refractivity contribution is -0.614. The fourth-order valence-electron chi connectivity index (χ4n) is 2.58. The van der Waals surface area contributed by atoms with Crippen LogP contribution in [0, 0.1) is 5.21 Å². The van der Waals surface area contributed by atoms with Crippen molar-refractivity contribution in [3.63, 3.8) is 0 Å². The van der Waals surface area contributed by atoms with Gasteiger partial charge in [-0.2, -0.15) is 4.73 Å². The Kier molecular flexibility index (Phi) is 4.95. The van der Waals surface area contributed by atoms with Gasteiger partial charge in [0, 0.05) is 23.3 Å². The number of pyridine rings is 1. The van der Waals surface area contributed by atoms with Crippen molar-refractivity contribution in [3.8, 4) is 16.9 Å². The van der Waals surface area contributed by atoms with Crippen molar-refractivity contribution in [2.24, 2.45) is 0 Å². The van der Waals surface area contributed by atoms with E-state index in [0.717, 1.165) is 21.6 Å². The number of methoxy groups -OCH3 is 1. The first-order chi connectivity index (χ1) is 12.2. The summed E-state index contributed by atoms with van der Waals surface area (Å²) < 4.78 is 6.12. The lowest BCUT2D eigenvalue weighted by atomic mass is 10.0. The summed E-state index contributed by atoms with van der Waals surface area (Å²) in [6.45, 7) is 0.169. The Morgan fingerprint density at radius 2 is 1.88 bits per heavy atom. The van der Waals surface area contributed by atoms with Crippen LogP contribution in [0.15, 0.2) is 72.9 Å². The molecule has 0 saturated carbocycles. The second-order valence-electron chi connectivity index (χ2n) is 5.48. The molecular formula is C20H18N2O3. The highest BCUT2D eigenvalue weighted by atomic mass is 16.5. The first-order valence-electron chi connectivity index (χ1n) is 7.88. The van der Waals surface area contributed by atoms with Gasteiger partial charge >= 0.3 is 0 Å². The van der Waals surface area contributed by atoms with Crippen LogP contribution in [0.4, 0.5) is 0 Å². The van der Waals surface area contributed by atoms with Crippen LogP contribution in [0.2, 0.25) is 0 Å². The Labute approximate surface area is 146 Å². The van der Waals surface area contributed by atoms with Crippen molar-refractivity contribution in [3.05, 3.63) is 89.4 Å². The van der Waals surface area contributed by atoms with Gasteiger partial charge in [-0.15, -0.1) is 0 Å². The Balaban J connectivity index is 1.79. The van der Waals surface area contributed by atoms with Gasteiger partial charge < -0.3 is 15.3 Å². The van der Waals surface area contributed by atoms with Gasteiger partial charge in [0.1, 0.15) is 12.3 Å². The number of hydrogen-bond donors (Lipinski definition) is 1. The van der Waals surface area contributed by atoms with Crippen LogP contribution < -0.4 is 14.8 Å². The van der Waals surface area contributed by atoms with Crippen LogP contribution in [0.1, 0.15) is 16.1 Å². The van der Waals surface area contributed by atoms with Crippen molar-refractivity contribution >= 4 is 5.91 Å². The van der Waals surface area contributed by atoms with Crippen molar-refractivity contribution in [1.29, 1.82) is 0 Å². The van der Waals surface area contributed by atoms with Crippen LogP contribution >= 0.6 is 0 Å². The molecule has 1 amide bonds. The smallest absolute Gasteiger partial charge is 0.251 e. The van der Waals surface area contributed by atoms with Crippen molar-refractivity contribution in [2.45, 2.75) is 6.54 Å². The minimum absolute atomic E-state index is 0.169. The number of carbonyl (C=O) groups is 1. The van der Waals surface area contributed by atoms with E-state index in [9.17, 15) is 10.0 Å². The van der Waals surface area contributed by atoms with E-state index in [1.165, 1.54) is 6.20 Å². The summed E-state index contributed by atoms with van der Waals surface area (Å²) in [7, 11) is 1.62. The molecule has 0 fully saturated rings. The maximum atomic E-state index is 12.4. The molecule has 0 atom stereocenters. The van der Waals surface area contributed by atoms with Gasteiger partial charge in [-0.05, 0) is 29.8 Å². The Bertz CT molecular complexity index is 893. The van der Waals surface area contributed by atoms with E-state index in [0.29, 0.717) is 11.3 Å². The van der Waals surface area contributed by atoms with Gasteiger partial charge in [0.05, 0.1) is 7.11 Å². The molecule has 0 saturated heterocycles. The molecule has 0 radical (unpaired) electrons. The molecule has 0 aliphatic rings. The molecule has 1 aromatic heterocycles. The third-order valence-corrected chi connectivity index (χ3v) is 3.88. The summed E-state index contributed by atoms with van der Waals surface area (Å²) in [5.74, 6) is 0.511. The van der Waals surface area contributed by atoms with Crippen molar-refractivity contribution < 1.29 is 14.3 Å². The molecule has 0 bridgehead atoms. The van der Waals surface area contributed by atoms with Gasteiger partial charge in [-0.3, -0.25) is 4.79 Å². The molecule has 3 aromatic rings. The minimum atomic E-state index is -0.236. The van der Waals surface area contributed by atoms with Crippen LogP contribution in [-0.4, -0.2) is 13.0 Å². The largest absolute Gasteiger partial charge is 0.618 e. The molecule has 0 aliphatic heterocycles. The highest BCUT2D eigenvalue weighted by Crippen LogP contribution is 2.29. The predicted octanol–water partition coefficient (Wildman–Crippen LogP) is 2.93. The molecule has 1 heterocycles. The number of ether oxygens (including phenoxy) is 1. The molecular weight excluding hydrogens is 316 g/mol. The Morgan fingerprint density at radius 1 is 1.08 bits per heavy atom. The maximum absolute atomic E-state index is 12.4. The second-order valence-corrected chi connectivity index (χ2v) is 5.48. The third kappa shape index (κ3) is 3.77. The zero-order chi connectivity index (χ0) is 17.6. The average Bonchev–Trinajstić information content (AvgIpc) is 2.67. The van der Waals surface area contributed by atoms with Crippen molar-refractivity contribution in [2.75, 3.05) is 7.11 Å². The lowest BCUT2D eigenvalue weighted by Crippen LogP contribution is -2.35. The van der Waals surface area contributed by atoms with Gasteiger partial charge in [-0.1, -0.05) is 30.3 Å². The molecule has 25 heavy (non-hydrogen) atoms. The van der Waals surface area contributed by atoms with Gasteiger partial charge in [0.2, 0.25) is 5.69 Å². The number of hydrogen-bond acceptors (Lipinski definition) is 3. The third-order valence-electron chi connectivity index (χ3n) is 3.88. The fourth-order valence-corrected chi connectivity index (χ4v) is 2.58. The monoisotopic (exact) mass is 334 g/mol. The minimum Gasteiger partial charge on any atom is -0.618 e. The van der Waals surface area contributed by atoms with E-state index in [4.69, 9.17) is 4.74 Å². The Hall–Kier alpha value is -3.34. The highest BCUT2D eigenvalue weighted by Gasteiger charge is 2.11. The molecule has 0 unspecified atom stereocenters. The zero-order valence-corrected chi connectivity index (χ0v) is 13.8. The number of benzene rings is 2. The summed E-state index contributed by atoms with van der Waals surface area (Å²) in [6.07, 6.45) is 1.41. The summed E-state index contributed by atoms with van der Waals surface area (Å²) in [6, 6.07) is 20.0. The van der Waals surface area contributed by atoms with Crippen molar-refractivity contribution in [1.82, 2.24) is 5.32 Å². The maximum Gasteiger partial charge on any atom is 0.251 e. The van der Waals surface area contributed by atoms with E-state index in [1.54, 1.807) is 31.4 Å². The lowest BCUT2D eigenvalue weighted by Gasteiger charge is -2.10. The number of aromatic nitrogens is 1. The number of nitrogens with zero attached hydrogens (tertiary/aromatic N) is 1.